The summed E-state index contributed by atoms with van der Waals surface area (Å²) in [6.45, 7) is 0. The Hall–Kier alpha value is -3.20. The average Bonchev–Trinajstić information content (AvgIpc) is 3.01. The molecule has 0 saturated carbocycles. The van der Waals surface area contributed by atoms with Gasteiger partial charge >= 0.3 is 6.18 Å². The van der Waals surface area contributed by atoms with Crippen LogP contribution < -0.4 is 4.90 Å². The number of hydrogen-bond acceptors (Lipinski definition) is 5. The Morgan fingerprint density at radius 2 is 1.57 bits per heavy atom. The van der Waals surface area contributed by atoms with Crippen molar-refractivity contribution in [3.63, 3.8) is 0 Å². The highest BCUT2D eigenvalue weighted by Crippen LogP contribution is 2.36. The standard InChI is InChI=1S/C21H14F3N3O2S/c22-21(23,24)17-11-15(13-7-3-1-4-8-13)25-20(26-17)30-16-12-18(28)27(19(16)29)14-9-5-2-6-10-14/h1-11,16H,12H2. The zero-order chi connectivity index (χ0) is 21.3. The molecule has 2 amide bonds. The largest absolute Gasteiger partial charge is 0.433 e. The number of carbonyl (C=O) groups is 2. The van der Waals surface area contributed by atoms with Gasteiger partial charge in [-0.25, -0.2) is 14.9 Å². The molecule has 0 spiro atoms. The van der Waals surface area contributed by atoms with Crippen LogP contribution in [0.3, 0.4) is 0 Å². The molecule has 0 radical (unpaired) electrons. The predicted molar refractivity (Wildman–Crippen MR) is 106 cm³/mol. The van der Waals surface area contributed by atoms with Crippen LogP contribution in [0.2, 0.25) is 0 Å². The lowest BCUT2D eigenvalue weighted by molar-refractivity contribution is -0.141. The molecule has 3 aromatic rings. The van der Waals surface area contributed by atoms with E-state index in [4.69, 9.17) is 0 Å². The Labute approximate surface area is 174 Å². The van der Waals surface area contributed by atoms with Gasteiger partial charge in [0.2, 0.25) is 11.8 Å². The fraction of sp³-hybridized carbons (Fsp3) is 0.143. The van der Waals surface area contributed by atoms with Crippen LogP contribution in [0, 0.1) is 0 Å². The lowest BCUT2D eigenvalue weighted by Gasteiger charge is -2.15. The number of thioether (sulfide) groups is 1. The van der Waals surface area contributed by atoms with Gasteiger partial charge in [-0.3, -0.25) is 9.59 Å². The van der Waals surface area contributed by atoms with E-state index < -0.39 is 28.9 Å². The number of nitrogens with zero attached hydrogens (tertiary/aromatic N) is 3. The zero-order valence-electron chi connectivity index (χ0n) is 15.3. The van der Waals surface area contributed by atoms with Crippen LogP contribution in [-0.4, -0.2) is 27.0 Å². The molecule has 1 saturated heterocycles. The molecule has 2 aromatic carbocycles. The lowest BCUT2D eigenvalue weighted by Crippen LogP contribution is -2.31. The van der Waals surface area contributed by atoms with Gasteiger partial charge < -0.3 is 0 Å². The number of imide groups is 1. The lowest BCUT2D eigenvalue weighted by atomic mass is 10.1. The molecule has 9 heteroatoms. The SMILES string of the molecule is O=C1CC(Sc2nc(-c3ccccc3)cc(C(F)(F)F)n2)C(=O)N1c1ccccc1. The zero-order valence-corrected chi connectivity index (χ0v) is 16.2. The third kappa shape index (κ3) is 4.06. The fourth-order valence-corrected chi connectivity index (χ4v) is 4.04. The molecule has 152 valence electrons. The van der Waals surface area contributed by atoms with Gasteiger partial charge in [0.15, 0.2) is 5.16 Å². The Morgan fingerprint density at radius 1 is 0.933 bits per heavy atom. The van der Waals surface area contributed by atoms with Gasteiger partial charge in [-0.15, -0.1) is 0 Å². The van der Waals surface area contributed by atoms with Gasteiger partial charge in [0.25, 0.3) is 0 Å². The van der Waals surface area contributed by atoms with Crippen LogP contribution in [0.25, 0.3) is 11.3 Å². The maximum absolute atomic E-state index is 13.4. The highest BCUT2D eigenvalue weighted by atomic mass is 32.2. The van der Waals surface area contributed by atoms with Crippen LogP contribution in [0.15, 0.2) is 71.9 Å². The fourth-order valence-electron chi connectivity index (χ4n) is 3.05. The number of halogens is 3. The molecule has 1 unspecified atom stereocenters. The van der Waals surface area contributed by atoms with Crippen molar-refractivity contribution >= 4 is 29.3 Å². The Balaban J connectivity index is 1.66. The van der Waals surface area contributed by atoms with Crippen LogP contribution >= 0.6 is 11.8 Å². The normalized spacial score (nSPS) is 16.9. The number of anilines is 1. The Bertz CT molecular complexity index is 1090. The summed E-state index contributed by atoms with van der Waals surface area (Å²) in [5, 5.41) is -1.10. The summed E-state index contributed by atoms with van der Waals surface area (Å²) >= 11 is 0.766. The minimum Gasteiger partial charge on any atom is -0.274 e. The predicted octanol–water partition coefficient (Wildman–Crippen LogP) is 4.59. The number of aromatic nitrogens is 2. The third-order valence-corrected chi connectivity index (χ3v) is 5.48. The summed E-state index contributed by atoms with van der Waals surface area (Å²) in [7, 11) is 0. The summed E-state index contributed by atoms with van der Waals surface area (Å²) in [6, 6.07) is 17.6. The minimum absolute atomic E-state index is 0.0945. The summed E-state index contributed by atoms with van der Waals surface area (Å²) in [4.78, 5) is 34.0. The smallest absolute Gasteiger partial charge is 0.274 e. The van der Waals surface area contributed by atoms with E-state index in [1.807, 2.05) is 0 Å². The monoisotopic (exact) mass is 429 g/mol. The molecule has 0 bridgehead atoms. The van der Waals surface area contributed by atoms with E-state index in [0.717, 1.165) is 22.7 Å². The van der Waals surface area contributed by atoms with Crippen molar-refractivity contribution in [2.75, 3.05) is 4.90 Å². The van der Waals surface area contributed by atoms with E-state index in [2.05, 4.69) is 9.97 Å². The molecule has 2 heterocycles. The number of benzene rings is 2. The summed E-state index contributed by atoms with van der Waals surface area (Å²) in [5.41, 5.74) is -0.0924. The first-order chi connectivity index (χ1) is 14.3. The van der Waals surface area contributed by atoms with Crippen molar-refractivity contribution in [2.24, 2.45) is 0 Å². The second-order valence-corrected chi connectivity index (χ2v) is 7.67. The number of carbonyl (C=O) groups excluding carboxylic acids is 2. The number of rotatable bonds is 4. The molecule has 1 atom stereocenters. The average molecular weight is 429 g/mol. The van der Waals surface area contributed by atoms with Crippen LogP contribution in [0.4, 0.5) is 18.9 Å². The van der Waals surface area contributed by atoms with Crippen molar-refractivity contribution in [1.82, 2.24) is 9.97 Å². The van der Waals surface area contributed by atoms with Crippen LogP contribution in [0.5, 0.6) is 0 Å². The molecule has 30 heavy (non-hydrogen) atoms. The van der Waals surface area contributed by atoms with Gasteiger partial charge in [0.05, 0.1) is 11.4 Å². The van der Waals surface area contributed by atoms with Crippen molar-refractivity contribution in [3.05, 3.63) is 72.4 Å². The van der Waals surface area contributed by atoms with Crippen molar-refractivity contribution in [3.8, 4) is 11.3 Å². The summed E-state index contributed by atoms with van der Waals surface area (Å²) in [6.07, 6.45) is -4.81. The van der Waals surface area contributed by atoms with Crippen molar-refractivity contribution in [1.29, 1.82) is 0 Å². The van der Waals surface area contributed by atoms with E-state index in [-0.39, 0.29) is 17.3 Å². The number of alkyl halides is 3. The maximum Gasteiger partial charge on any atom is 0.433 e. The maximum atomic E-state index is 13.4. The number of para-hydroxylation sites is 1. The van der Waals surface area contributed by atoms with Gasteiger partial charge in [-0.2, -0.15) is 13.2 Å². The molecule has 1 aliphatic rings. The van der Waals surface area contributed by atoms with E-state index in [1.54, 1.807) is 60.7 Å². The molecule has 0 aliphatic carbocycles. The van der Waals surface area contributed by atoms with Crippen LogP contribution in [0.1, 0.15) is 12.1 Å². The first-order valence-electron chi connectivity index (χ1n) is 8.93. The van der Waals surface area contributed by atoms with Gasteiger partial charge in [-0.05, 0) is 18.2 Å². The molecule has 1 aromatic heterocycles. The molecule has 1 aliphatic heterocycles. The second-order valence-electron chi connectivity index (χ2n) is 6.50. The van der Waals surface area contributed by atoms with Gasteiger partial charge in [0.1, 0.15) is 10.9 Å². The highest BCUT2D eigenvalue weighted by Gasteiger charge is 2.41. The first kappa shape index (κ1) is 20.1. The quantitative estimate of drug-likeness (QED) is 0.449. The molecule has 1 fully saturated rings. The van der Waals surface area contributed by atoms with E-state index in [1.165, 1.54) is 0 Å². The van der Waals surface area contributed by atoms with Gasteiger partial charge in [-0.1, -0.05) is 60.3 Å². The van der Waals surface area contributed by atoms with Crippen molar-refractivity contribution < 1.29 is 22.8 Å². The minimum atomic E-state index is -4.67. The van der Waals surface area contributed by atoms with Gasteiger partial charge in [0, 0.05) is 12.0 Å². The molecule has 0 N–H and O–H groups in total. The summed E-state index contributed by atoms with van der Waals surface area (Å²) in [5.74, 6) is -0.919. The number of hydrogen-bond donors (Lipinski definition) is 0. The molecular weight excluding hydrogens is 415 g/mol. The Kier molecular flexibility index (Phi) is 5.29. The second kappa shape index (κ2) is 7.91. The van der Waals surface area contributed by atoms with E-state index in [9.17, 15) is 22.8 Å². The highest BCUT2D eigenvalue weighted by molar-refractivity contribution is 8.00. The van der Waals surface area contributed by atoms with E-state index >= 15 is 0 Å². The van der Waals surface area contributed by atoms with Crippen LogP contribution in [-0.2, 0) is 15.8 Å². The number of amides is 2. The molecular formula is C21H14F3N3O2S. The van der Waals surface area contributed by atoms with E-state index in [0.29, 0.717) is 11.3 Å². The first-order valence-corrected chi connectivity index (χ1v) is 9.81. The third-order valence-electron chi connectivity index (χ3n) is 4.43. The molecule has 4 rings (SSSR count). The Morgan fingerprint density at radius 3 is 2.20 bits per heavy atom. The molecule has 5 nitrogen and oxygen atoms in total. The topological polar surface area (TPSA) is 63.2 Å². The van der Waals surface area contributed by atoms with Crippen molar-refractivity contribution in [2.45, 2.75) is 23.0 Å². The summed E-state index contributed by atoms with van der Waals surface area (Å²) < 4.78 is 40.1.